The van der Waals surface area contributed by atoms with E-state index in [0.717, 1.165) is 18.4 Å². The smallest absolute Gasteiger partial charge is 0.210 e. The molecule has 0 bridgehead atoms. The molecule has 154 valence electrons. The lowest BCUT2D eigenvalue weighted by Crippen LogP contribution is -2.10. The normalized spacial score (nSPS) is 11.7. The number of fused-ring (bicyclic) bond motifs is 1. The Morgan fingerprint density at radius 2 is 1.90 bits per heavy atom. The van der Waals surface area contributed by atoms with Crippen molar-refractivity contribution in [3.05, 3.63) is 66.9 Å². The van der Waals surface area contributed by atoms with Crippen LogP contribution in [0.15, 0.2) is 71.1 Å². The van der Waals surface area contributed by atoms with Crippen molar-refractivity contribution in [1.29, 1.82) is 0 Å². The molecule has 0 fully saturated rings. The van der Waals surface area contributed by atoms with Gasteiger partial charge in [-0.25, -0.2) is 18.1 Å². The van der Waals surface area contributed by atoms with Crippen LogP contribution in [0.3, 0.4) is 0 Å². The molecule has 0 atom stereocenters. The molecule has 4 aromatic rings. The van der Waals surface area contributed by atoms with Gasteiger partial charge in [0, 0.05) is 11.6 Å². The average Bonchev–Trinajstić information content (AvgIpc) is 3.28. The molecule has 0 spiro atoms. The van der Waals surface area contributed by atoms with Crippen LogP contribution in [0.4, 0.5) is 0 Å². The van der Waals surface area contributed by atoms with Crippen LogP contribution in [0.2, 0.25) is 0 Å². The van der Waals surface area contributed by atoms with Crippen LogP contribution in [0, 0.1) is 6.92 Å². The second kappa shape index (κ2) is 8.23. The summed E-state index contributed by atoms with van der Waals surface area (Å²) in [6.45, 7) is 4.64. The van der Waals surface area contributed by atoms with E-state index in [9.17, 15) is 8.42 Å². The Labute approximate surface area is 175 Å². The van der Waals surface area contributed by atoms with E-state index in [0.29, 0.717) is 28.9 Å². The largest absolute Gasteiger partial charge is 0.494 e. The number of hydrogen-bond acceptors (Lipinski definition) is 6. The standard InChI is InChI=1S/C22H22N4O3S/c1-3-4-11-29-17-6-8-18(9-7-17)30(27,28)21-13-24-20-10-5-16(2)12-19(20)22(21)26-15-23-14-25-26/h5-10,12-15H,3-4,11H2,1-2H3. The molecule has 0 N–H and O–H groups in total. The Kier molecular flexibility index (Phi) is 5.50. The molecule has 0 radical (unpaired) electrons. The molecule has 8 heteroatoms. The first kappa shape index (κ1) is 20.0. The zero-order chi connectivity index (χ0) is 21.1. The Hall–Kier alpha value is -3.26. The zero-order valence-electron chi connectivity index (χ0n) is 16.8. The van der Waals surface area contributed by atoms with Gasteiger partial charge in [-0.3, -0.25) is 4.98 Å². The topological polar surface area (TPSA) is 87.0 Å². The predicted octanol–water partition coefficient (Wildman–Crippen LogP) is 4.14. The molecule has 0 amide bonds. The van der Waals surface area contributed by atoms with Gasteiger partial charge in [0.1, 0.15) is 23.3 Å². The Bertz CT molecular complexity index is 1270. The average molecular weight is 423 g/mol. The number of unbranched alkanes of at least 4 members (excludes halogenated alkanes) is 1. The van der Waals surface area contributed by atoms with Gasteiger partial charge in [-0.15, -0.1) is 0 Å². The number of pyridine rings is 1. The SMILES string of the molecule is CCCCOc1ccc(S(=O)(=O)c2cnc3ccc(C)cc3c2-n2cncn2)cc1. The Morgan fingerprint density at radius 1 is 1.10 bits per heavy atom. The summed E-state index contributed by atoms with van der Waals surface area (Å²) in [5.74, 6) is 0.645. The van der Waals surface area contributed by atoms with Gasteiger partial charge in [0.2, 0.25) is 9.84 Å². The van der Waals surface area contributed by atoms with Crippen molar-refractivity contribution in [3.63, 3.8) is 0 Å². The minimum Gasteiger partial charge on any atom is -0.494 e. The fourth-order valence-electron chi connectivity index (χ4n) is 3.21. The van der Waals surface area contributed by atoms with Gasteiger partial charge in [0.05, 0.1) is 22.7 Å². The van der Waals surface area contributed by atoms with Crippen molar-refractivity contribution in [2.24, 2.45) is 0 Å². The van der Waals surface area contributed by atoms with Crippen molar-refractivity contribution in [1.82, 2.24) is 19.7 Å². The van der Waals surface area contributed by atoms with Gasteiger partial charge in [0.15, 0.2) is 0 Å². The zero-order valence-corrected chi connectivity index (χ0v) is 17.6. The molecule has 30 heavy (non-hydrogen) atoms. The Morgan fingerprint density at radius 3 is 2.60 bits per heavy atom. The monoisotopic (exact) mass is 422 g/mol. The van der Waals surface area contributed by atoms with Crippen LogP contribution in [0.1, 0.15) is 25.3 Å². The highest BCUT2D eigenvalue weighted by Gasteiger charge is 2.25. The third kappa shape index (κ3) is 3.78. The summed E-state index contributed by atoms with van der Waals surface area (Å²) in [4.78, 5) is 8.62. The molecule has 0 saturated carbocycles. The van der Waals surface area contributed by atoms with E-state index >= 15 is 0 Å². The minimum atomic E-state index is -3.85. The van der Waals surface area contributed by atoms with Gasteiger partial charge in [-0.2, -0.15) is 5.10 Å². The summed E-state index contributed by atoms with van der Waals surface area (Å²) >= 11 is 0. The number of ether oxygens (including phenoxy) is 1. The van der Waals surface area contributed by atoms with Crippen molar-refractivity contribution < 1.29 is 13.2 Å². The number of aromatic nitrogens is 4. The number of benzene rings is 2. The highest BCUT2D eigenvalue weighted by atomic mass is 32.2. The van der Waals surface area contributed by atoms with Gasteiger partial charge in [0.25, 0.3) is 0 Å². The number of nitrogens with zero attached hydrogens (tertiary/aromatic N) is 4. The number of aryl methyl sites for hydroxylation is 1. The fraction of sp³-hybridized carbons (Fsp3) is 0.227. The summed E-state index contributed by atoms with van der Waals surface area (Å²) in [6, 6.07) is 12.2. The van der Waals surface area contributed by atoms with E-state index < -0.39 is 9.84 Å². The minimum absolute atomic E-state index is 0.0748. The molecule has 2 aromatic carbocycles. The molecular formula is C22H22N4O3S. The van der Waals surface area contributed by atoms with Crippen LogP contribution in [0.5, 0.6) is 5.75 Å². The third-order valence-corrected chi connectivity index (χ3v) is 6.57. The lowest BCUT2D eigenvalue weighted by Gasteiger charge is -2.14. The Balaban J connectivity index is 1.83. The molecule has 0 aliphatic heterocycles. The summed E-state index contributed by atoms with van der Waals surface area (Å²) in [5.41, 5.74) is 2.11. The summed E-state index contributed by atoms with van der Waals surface area (Å²) in [6.07, 6.45) is 6.23. The molecule has 2 aromatic heterocycles. The summed E-state index contributed by atoms with van der Waals surface area (Å²) in [7, 11) is -3.85. The predicted molar refractivity (Wildman–Crippen MR) is 114 cm³/mol. The molecule has 4 rings (SSSR count). The highest BCUT2D eigenvalue weighted by molar-refractivity contribution is 7.91. The molecule has 7 nitrogen and oxygen atoms in total. The van der Waals surface area contributed by atoms with Gasteiger partial charge >= 0.3 is 0 Å². The lowest BCUT2D eigenvalue weighted by atomic mass is 10.1. The van der Waals surface area contributed by atoms with Crippen molar-refractivity contribution in [2.75, 3.05) is 6.61 Å². The van der Waals surface area contributed by atoms with Crippen LogP contribution in [0.25, 0.3) is 16.6 Å². The number of sulfone groups is 1. The van der Waals surface area contributed by atoms with Crippen LogP contribution < -0.4 is 4.74 Å². The van der Waals surface area contributed by atoms with Crippen LogP contribution >= 0.6 is 0 Å². The molecule has 0 unspecified atom stereocenters. The van der Waals surface area contributed by atoms with Gasteiger partial charge < -0.3 is 4.74 Å². The van der Waals surface area contributed by atoms with E-state index in [1.807, 2.05) is 25.1 Å². The molecule has 2 heterocycles. The number of rotatable bonds is 7. The van der Waals surface area contributed by atoms with Crippen molar-refractivity contribution in [3.8, 4) is 11.4 Å². The first-order chi connectivity index (χ1) is 14.5. The second-order valence-corrected chi connectivity index (χ2v) is 8.93. The van der Waals surface area contributed by atoms with Crippen molar-refractivity contribution >= 4 is 20.7 Å². The maximum Gasteiger partial charge on any atom is 0.210 e. The second-order valence-electron chi connectivity index (χ2n) is 7.01. The summed E-state index contributed by atoms with van der Waals surface area (Å²) < 4.78 is 34.1. The summed E-state index contributed by atoms with van der Waals surface area (Å²) in [5, 5.41) is 4.88. The van der Waals surface area contributed by atoms with Crippen LogP contribution in [-0.4, -0.2) is 34.8 Å². The van der Waals surface area contributed by atoms with E-state index in [1.165, 1.54) is 23.5 Å². The highest BCUT2D eigenvalue weighted by Crippen LogP contribution is 2.32. The fourth-order valence-corrected chi connectivity index (χ4v) is 4.61. The number of hydrogen-bond donors (Lipinski definition) is 0. The maximum absolute atomic E-state index is 13.5. The van der Waals surface area contributed by atoms with E-state index in [-0.39, 0.29) is 9.79 Å². The molecule has 0 aliphatic carbocycles. The first-order valence-corrected chi connectivity index (χ1v) is 11.2. The van der Waals surface area contributed by atoms with Gasteiger partial charge in [-0.1, -0.05) is 25.0 Å². The molecular weight excluding hydrogens is 400 g/mol. The van der Waals surface area contributed by atoms with Gasteiger partial charge in [-0.05, 0) is 49.7 Å². The maximum atomic E-state index is 13.5. The van der Waals surface area contributed by atoms with Crippen LogP contribution in [-0.2, 0) is 9.84 Å². The van der Waals surface area contributed by atoms with Crippen molar-refractivity contribution in [2.45, 2.75) is 36.5 Å². The lowest BCUT2D eigenvalue weighted by molar-refractivity contribution is 0.309. The van der Waals surface area contributed by atoms with E-state index in [4.69, 9.17) is 4.74 Å². The molecule has 0 saturated heterocycles. The molecule has 0 aliphatic rings. The quantitative estimate of drug-likeness (QED) is 0.416. The first-order valence-electron chi connectivity index (χ1n) is 9.73. The third-order valence-electron chi connectivity index (χ3n) is 4.80. The van der Waals surface area contributed by atoms with E-state index in [2.05, 4.69) is 22.0 Å². The van der Waals surface area contributed by atoms with E-state index in [1.54, 1.807) is 24.3 Å².